The summed E-state index contributed by atoms with van der Waals surface area (Å²) in [5.74, 6) is -0.586. The molecule has 1 amide bonds. The molecule has 3 aromatic carbocycles. The van der Waals surface area contributed by atoms with E-state index in [1.54, 1.807) is 38.1 Å². The van der Waals surface area contributed by atoms with E-state index in [2.05, 4.69) is 5.32 Å². The molecule has 0 heterocycles. The van der Waals surface area contributed by atoms with Crippen LogP contribution in [0.3, 0.4) is 0 Å². The van der Waals surface area contributed by atoms with Gasteiger partial charge in [-0.05, 0) is 73.0 Å². The summed E-state index contributed by atoms with van der Waals surface area (Å²) in [5, 5.41) is 3.11. The van der Waals surface area contributed by atoms with Crippen LogP contribution in [0.25, 0.3) is 11.1 Å². The average molecular weight is 537 g/mol. The van der Waals surface area contributed by atoms with Gasteiger partial charge in [0, 0.05) is 18.1 Å². The van der Waals surface area contributed by atoms with Gasteiger partial charge in [0.25, 0.3) is 15.9 Å². The molecule has 3 rings (SSSR count). The van der Waals surface area contributed by atoms with Crippen LogP contribution in [0.2, 0.25) is 5.02 Å². The summed E-state index contributed by atoms with van der Waals surface area (Å²) < 4.78 is 65.8. The quantitative estimate of drug-likeness (QED) is 0.346. The zero-order chi connectivity index (χ0) is 26.5. The number of sulfonamides is 1. The predicted octanol–water partition coefficient (Wildman–Crippen LogP) is 6.26. The Kier molecular flexibility index (Phi) is 8.47. The predicted molar refractivity (Wildman–Crippen MR) is 134 cm³/mol. The molecular formula is C26H24ClF3N2O3S. The first kappa shape index (κ1) is 27.3. The summed E-state index contributed by atoms with van der Waals surface area (Å²) in [4.78, 5) is 13.0. The minimum Gasteiger partial charge on any atom is -0.347 e. The van der Waals surface area contributed by atoms with Crippen LogP contribution in [0.5, 0.6) is 0 Å². The number of halogens is 4. The van der Waals surface area contributed by atoms with Gasteiger partial charge < -0.3 is 5.32 Å². The Morgan fingerprint density at radius 2 is 1.64 bits per heavy atom. The van der Waals surface area contributed by atoms with Gasteiger partial charge >= 0.3 is 6.18 Å². The summed E-state index contributed by atoms with van der Waals surface area (Å²) in [6.45, 7) is 3.31. The topological polar surface area (TPSA) is 66.5 Å². The number of carbonyl (C=O) groups excluding carboxylic acids is 1. The van der Waals surface area contributed by atoms with Gasteiger partial charge in [-0.25, -0.2) is 8.42 Å². The van der Waals surface area contributed by atoms with Crippen molar-refractivity contribution in [2.24, 2.45) is 0 Å². The van der Waals surface area contributed by atoms with Crippen LogP contribution in [0.4, 0.5) is 13.2 Å². The Bertz CT molecular complexity index is 1350. The minimum atomic E-state index is -4.41. The van der Waals surface area contributed by atoms with Crippen molar-refractivity contribution in [3.63, 3.8) is 0 Å². The van der Waals surface area contributed by atoms with Gasteiger partial charge in [0.2, 0.25) is 0 Å². The Balaban J connectivity index is 1.75. The van der Waals surface area contributed by atoms with Crippen LogP contribution in [-0.4, -0.2) is 25.2 Å². The molecule has 3 aromatic rings. The first-order chi connectivity index (χ1) is 17.0. The summed E-state index contributed by atoms with van der Waals surface area (Å²) in [7, 11) is -4.00. The van der Waals surface area contributed by atoms with Crippen LogP contribution >= 0.6 is 11.6 Å². The van der Waals surface area contributed by atoms with Crippen molar-refractivity contribution in [2.45, 2.75) is 31.5 Å². The summed E-state index contributed by atoms with van der Waals surface area (Å²) in [5.41, 5.74) is 1.20. The third kappa shape index (κ3) is 6.27. The fourth-order valence-electron chi connectivity index (χ4n) is 3.58. The Labute approximate surface area is 213 Å². The molecule has 0 unspecified atom stereocenters. The summed E-state index contributed by atoms with van der Waals surface area (Å²) in [6, 6.07) is 17.5. The lowest BCUT2D eigenvalue weighted by Crippen LogP contribution is -2.38. The Hall–Kier alpha value is -3.30. The molecule has 0 fully saturated rings. The molecule has 0 aromatic heterocycles. The normalized spacial score (nSPS) is 12.3. The average Bonchev–Trinajstić information content (AvgIpc) is 2.85. The molecule has 190 valence electrons. The van der Waals surface area contributed by atoms with Crippen LogP contribution in [0.1, 0.15) is 25.0 Å². The van der Waals surface area contributed by atoms with E-state index < -0.39 is 27.7 Å². The lowest BCUT2D eigenvalue weighted by atomic mass is 10.0. The number of alkyl halides is 3. The highest BCUT2D eigenvalue weighted by Gasteiger charge is 2.30. The van der Waals surface area contributed by atoms with Gasteiger partial charge in [0.15, 0.2) is 0 Å². The van der Waals surface area contributed by atoms with E-state index in [9.17, 15) is 26.4 Å². The number of benzene rings is 3. The second kappa shape index (κ2) is 11.2. The Morgan fingerprint density at radius 1 is 1.00 bits per heavy atom. The highest BCUT2D eigenvalue weighted by molar-refractivity contribution is 7.89. The molecule has 0 aliphatic carbocycles. The molecule has 0 aliphatic heterocycles. The van der Waals surface area contributed by atoms with E-state index in [0.717, 1.165) is 16.4 Å². The van der Waals surface area contributed by atoms with Gasteiger partial charge in [0.1, 0.15) is 5.70 Å². The lowest BCUT2D eigenvalue weighted by Gasteiger charge is -2.25. The Morgan fingerprint density at radius 3 is 2.19 bits per heavy atom. The van der Waals surface area contributed by atoms with E-state index in [1.807, 2.05) is 0 Å². The number of amides is 1. The van der Waals surface area contributed by atoms with Crippen molar-refractivity contribution in [3.8, 4) is 11.1 Å². The van der Waals surface area contributed by atoms with Crippen molar-refractivity contribution in [3.05, 3.63) is 101 Å². The SMILES string of the molecule is CC=C(C(=O)NCc1cccc(-c2ccc(C(F)(F)F)cc2)c1)N(CC)S(=O)(=O)c1ccc(Cl)cc1. The zero-order valence-corrected chi connectivity index (χ0v) is 21.1. The van der Waals surface area contributed by atoms with E-state index >= 15 is 0 Å². The van der Waals surface area contributed by atoms with Crippen molar-refractivity contribution >= 4 is 27.5 Å². The number of allylic oxidation sites excluding steroid dienone is 1. The molecule has 0 radical (unpaired) electrons. The zero-order valence-electron chi connectivity index (χ0n) is 19.5. The third-order valence-corrected chi connectivity index (χ3v) is 7.54. The highest BCUT2D eigenvalue weighted by Crippen LogP contribution is 2.31. The molecular weight excluding hydrogens is 513 g/mol. The maximum Gasteiger partial charge on any atom is 0.416 e. The fraction of sp³-hybridized carbons (Fsp3) is 0.192. The van der Waals surface area contributed by atoms with Crippen LogP contribution in [-0.2, 0) is 27.5 Å². The molecule has 0 saturated carbocycles. The highest BCUT2D eigenvalue weighted by atomic mass is 35.5. The van der Waals surface area contributed by atoms with E-state index in [0.29, 0.717) is 21.7 Å². The number of nitrogens with one attached hydrogen (secondary N) is 1. The van der Waals surface area contributed by atoms with Crippen molar-refractivity contribution in [2.75, 3.05) is 6.54 Å². The van der Waals surface area contributed by atoms with Gasteiger partial charge in [-0.3, -0.25) is 9.10 Å². The standard InChI is InChI=1S/C26H24ClF3N2O3S/c1-3-24(32(4-2)36(34,35)23-14-12-22(27)13-15-23)25(33)31-17-18-6-5-7-20(16-18)19-8-10-21(11-9-19)26(28,29)30/h3,5-16H,4,17H2,1-2H3,(H,31,33). The summed E-state index contributed by atoms with van der Waals surface area (Å²) >= 11 is 5.86. The lowest BCUT2D eigenvalue weighted by molar-refractivity contribution is -0.137. The third-order valence-electron chi connectivity index (χ3n) is 5.39. The summed E-state index contributed by atoms with van der Waals surface area (Å²) in [6.07, 6.45) is -2.99. The van der Waals surface area contributed by atoms with Crippen LogP contribution < -0.4 is 5.32 Å². The van der Waals surface area contributed by atoms with Gasteiger partial charge in [-0.15, -0.1) is 0 Å². The second-order valence-corrected chi connectivity index (χ2v) is 10.1. The van der Waals surface area contributed by atoms with E-state index in [-0.39, 0.29) is 23.7 Å². The first-order valence-corrected chi connectivity index (χ1v) is 12.8. The van der Waals surface area contributed by atoms with Crippen LogP contribution in [0, 0.1) is 0 Å². The van der Waals surface area contributed by atoms with Crippen molar-refractivity contribution in [1.82, 2.24) is 9.62 Å². The van der Waals surface area contributed by atoms with Gasteiger partial charge in [-0.2, -0.15) is 13.2 Å². The number of rotatable bonds is 8. The number of hydrogen-bond donors (Lipinski definition) is 1. The molecule has 0 atom stereocenters. The van der Waals surface area contributed by atoms with Gasteiger partial charge in [-0.1, -0.05) is 48.0 Å². The maximum atomic E-state index is 13.1. The number of nitrogens with zero attached hydrogens (tertiary/aromatic N) is 1. The van der Waals surface area contributed by atoms with E-state index in [4.69, 9.17) is 11.6 Å². The fourth-order valence-corrected chi connectivity index (χ4v) is 5.23. The van der Waals surface area contributed by atoms with Crippen molar-refractivity contribution in [1.29, 1.82) is 0 Å². The maximum absolute atomic E-state index is 13.1. The largest absolute Gasteiger partial charge is 0.416 e. The molecule has 0 aliphatic rings. The molecule has 0 saturated heterocycles. The van der Waals surface area contributed by atoms with E-state index in [1.165, 1.54) is 42.5 Å². The second-order valence-electron chi connectivity index (χ2n) is 7.76. The molecule has 36 heavy (non-hydrogen) atoms. The molecule has 5 nitrogen and oxygen atoms in total. The first-order valence-electron chi connectivity index (χ1n) is 11.0. The minimum absolute atomic E-state index is 0.00476. The number of hydrogen-bond acceptors (Lipinski definition) is 3. The molecule has 1 N–H and O–H groups in total. The molecule has 0 bridgehead atoms. The molecule has 10 heteroatoms. The van der Waals surface area contributed by atoms with Crippen molar-refractivity contribution < 1.29 is 26.4 Å². The number of carbonyl (C=O) groups is 1. The van der Waals surface area contributed by atoms with Gasteiger partial charge in [0.05, 0.1) is 10.5 Å². The van der Waals surface area contributed by atoms with Crippen LogP contribution in [0.15, 0.2) is 89.5 Å². The number of likely N-dealkylation sites (N-methyl/N-ethyl adjacent to an activating group) is 1. The smallest absolute Gasteiger partial charge is 0.347 e. The molecule has 0 spiro atoms. The monoisotopic (exact) mass is 536 g/mol.